The lowest BCUT2D eigenvalue weighted by Crippen LogP contribution is -2.05. The lowest BCUT2D eigenvalue weighted by Gasteiger charge is -2.09. The maximum Gasteiger partial charge on any atom is 0.124 e. The Balaban J connectivity index is 2.44. The Morgan fingerprint density at radius 1 is 1.56 bits per heavy atom. The van der Waals surface area contributed by atoms with Crippen LogP contribution in [0.5, 0.6) is 5.75 Å². The monoisotopic (exact) mass is 221 g/mol. The van der Waals surface area contributed by atoms with E-state index in [4.69, 9.17) is 15.3 Å². The van der Waals surface area contributed by atoms with Gasteiger partial charge in [0, 0.05) is 12.5 Å². The average molecular weight is 221 g/mol. The van der Waals surface area contributed by atoms with Crippen LogP contribution in [-0.4, -0.2) is 19.6 Å². The first-order valence-electron chi connectivity index (χ1n) is 5.10. The van der Waals surface area contributed by atoms with Crippen molar-refractivity contribution in [2.24, 2.45) is 10.7 Å². The molecule has 0 bridgehead atoms. The summed E-state index contributed by atoms with van der Waals surface area (Å²) < 4.78 is 5.48. The molecule has 3 N–H and O–H groups in total. The largest absolute Gasteiger partial charge is 0.493 e. The number of amidine groups is 1. The van der Waals surface area contributed by atoms with Gasteiger partial charge in [-0.15, -0.1) is 0 Å². The van der Waals surface area contributed by atoms with Gasteiger partial charge in [0.1, 0.15) is 5.75 Å². The number of hydrogen-bond acceptors (Lipinski definition) is 4. The van der Waals surface area contributed by atoms with Crippen molar-refractivity contribution in [3.8, 4) is 5.75 Å². The van der Waals surface area contributed by atoms with Crippen molar-refractivity contribution >= 4 is 17.2 Å². The molecule has 0 saturated carbocycles. The van der Waals surface area contributed by atoms with E-state index < -0.39 is 0 Å². The van der Waals surface area contributed by atoms with Gasteiger partial charge in [0.15, 0.2) is 0 Å². The van der Waals surface area contributed by atoms with Gasteiger partial charge in [0.05, 0.1) is 30.9 Å². The zero-order valence-electron chi connectivity index (χ0n) is 9.41. The highest BCUT2D eigenvalue weighted by Gasteiger charge is 2.15. The summed E-state index contributed by atoms with van der Waals surface area (Å²) >= 11 is 0. The van der Waals surface area contributed by atoms with Crippen molar-refractivity contribution in [2.75, 3.05) is 19.2 Å². The normalized spacial score (nSPS) is 14.5. The molecule has 86 valence electrons. The number of hydrogen-bond donors (Lipinski definition) is 2. The van der Waals surface area contributed by atoms with Crippen LogP contribution in [0.25, 0.3) is 0 Å². The van der Waals surface area contributed by atoms with E-state index in [1.54, 1.807) is 14.0 Å². The van der Waals surface area contributed by atoms with E-state index in [0.717, 1.165) is 35.7 Å². The Bertz CT molecular complexity index is 425. The van der Waals surface area contributed by atoms with Crippen LogP contribution in [0.1, 0.15) is 12.5 Å². The highest BCUT2D eigenvalue weighted by molar-refractivity contribution is 5.84. The molecule has 5 nitrogen and oxygen atoms in total. The quantitative estimate of drug-likeness (QED) is 0.462. The molecule has 1 aliphatic rings. The maximum atomic E-state index is 5.58. The van der Waals surface area contributed by atoms with Crippen LogP contribution in [-0.2, 0) is 11.3 Å². The van der Waals surface area contributed by atoms with Crippen molar-refractivity contribution < 1.29 is 9.57 Å². The fourth-order valence-corrected chi connectivity index (χ4v) is 1.69. The van der Waals surface area contributed by atoms with E-state index in [9.17, 15) is 0 Å². The first-order chi connectivity index (χ1) is 7.70. The minimum Gasteiger partial charge on any atom is -0.493 e. The lowest BCUT2D eigenvalue weighted by atomic mass is 10.1. The molecular weight excluding hydrogens is 206 g/mol. The van der Waals surface area contributed by atoms with Gasteiger partial charge >= 0.3 is 0 Å². The van der Waals surface area contributed by atoms with Crippen LogP contribution in [0.15, 0.2) is 17.1 Å². The molecule has 1 aliphatic heterocycles. The van der Waals surface area contributed by atoms with Gasteiger partial charge in [-0.2, -0.15) is 0 Å². The number of fused-ring (bicyclic) bond motifs is 1. The standard InChI is InChI=1S/C11H15N3O2/c1-7(12)13-9-6-11-8(3-4-16-11)5-10(9)14-15-2/h5-6,14H,3-4H2,1-2H3,(H2,12,13). The number of anilines is 1. The first-order valence-corrected chi connectivity index (χ1v) is 5.10. The van der Waals surface area contributed by atoms with Gasteiger partial charge in [-0.25, -0.2) is 4.99 Å². The zero-order chi connectivity index (χ0) is 11.5. The molecule has 0 atom stereocenters. The number of benzene rings is 1. The van der Waals surface area contributed by atoms with Gasteiger partial charge in [-0.05, 0) is 18.6 Å². The minimum absolute atomic E-state index is 0.497. The number of aliphatic imine (C=N–C) groups is 1. The fraction of sp³-hybridized carbons (Fsp3) is 0.364. The zero-order valence-corrected chi connectivity index (χ0v) is 9.41. The molecule has 0 spiro atoms. The predicted molar refractivity (Wildman–Crippen MR) is 63.2 cm³/mol. The van der Waals surface area contributed by atoms with Crippen LogP contribution < -0.4 is 16.0 Å². The minimum atomic E-state index is 0.497. The van der Waals surface area contributed by atoms with Crippen LogP contribution in [0.4, 0.5) is 11.4 Å². The van der Waals surface area contributed by atoms with Crippen LogP contribution in [0.3, 0.4) is 0 Å². The third kappa shape index (κ3) is 2.09. The Kier molecular flexibility index (Phi) is 2.96. The molecule has 0 aromatic heterocycles. The van der Waals surface area contributed by atoms with Gasteiger partial charge in [0.2, 0.25) is 0 Å². The Labute approximate surface area is 94.2 Å². The summed E-state index contributed by atoms with van der Waals surface area (Å²) in [6.45, 7) is 2.46. The van der Waals surface area contributed by atoms with E-state index in [-0.39, 0.29) is 0 Å². The summed E-state index contributed by atoms with van der Waals surface area (Å²) in [5.41, 5.74) is 11.1. The number of nitrogens with zero attached hydrogens (tertiary/aromatic N) is 1. The third-order valence-electron chi connectivity index (χ3n) is 2.32. The molecule has 0 radical (unpaired) electrons. The molecule has 0 unspecified atom stereocenters. The van der Waals surface area contributed by atoms with Crippen molar-refractivity contribution in [1.82, 2.24) is 0 Å². The SMILES string of the molecule is CONc1cc2c(cc1N=C(C)N)OCC2. The highest BCUT2D eigenvalue weighted by atomic mass is 16.6. The second kappa shape index (κ2) is 4.40. The van der Waals surface area contributed by atoms with Gasteiger partial charge < -0.3 is 10.5 Å². The van der Waals surface area contributed by atoms with Crippen molar-refractivity contribution in [2.45, 2.75) is 13.3 Å². The first kappa shape index (κ1) is 10.8. The fourth-order valence-electron chi connectivity index (χ4n) is 1.69. The Hall–Kier alpha value is -1.75. The smallest absolute Gasteiger partial charge is 0.124 e. The van der Waals surface area contributed by atoms with Crippen LogP contribution in [0, 0.1) is 0 Å². The molecule has 1 heterocycles. The highest BCUT2D eigenvalue weighted by Crippen LogP contribution is 2.36. The maximum absolute atomic E-state index is 5.58. The molecule has 16 heavy (non-hydrogen) atoms. The van der Waals surface area contributed by atoms with Crippen molar-refractivity contribution in [1.29, 1.82) is 0 Å². The summed E-state index contributed by atoms with van der Waals surface area (Å²) in [5, 5.41) is 0. The number of ether oxygens (including phenoxy) is 1. The third-order valence-corrected chi connectivity index (χ3v) is 2.32. The molecule has 1 aromatic carbocycles. The van der Waals surface area contributed by atoms with Gasteiger partial charge in [-0.3, -0.25) is 10.3 Å². The molecule has 0 aliphatic carbocycles. The van der Waals surface area contributed by atoms with Crippen LogP contribution >= 0.6 is 0 Å². The molecule has 0 amide bonds. The van der Waals surface area contributed by atoms with E-state index in [1.807, 2.05) is 12.1 Å². The molecule has 1 aromatic rings. The van der Waals surface area contributed by atoms with Crippen molar-refractivity contribution in [3.63, 3.8) is 0 Å². The number of nitrogens with two attached hydrogens (primary N) is 1. The van der Waals surface area contributed by atoms with E-state index in [1.165, 1.54) is 0 Å². The number of nitrogens with one attached hydrogen (secondary N) is 1. The predicted octanol–water partition coefficient (Wildman–Crippen LogP) is 1.60. The second-order valence-electron chi connectivity index (χ2n) is 3.63. The van der Waals surface area contributed by atoms with Gasteiger partial charge in [0.25, 0.3) is 0 Å². The van der Waals surface area contributed by atoms with E-state index in [0.29, 0.717) is 5.84 Å². The Morgan fingerprint density at radius 3 is 3.06 bits per heavy atom. The Morgan fingerprint density at radius 2 is 2.38 bits per heavy atom. The summed E-state index contributed by atoms with van der Waals surface area (Å²) in [6, 6.07) is 3.85. The van der Waals surface area contributed by atoms with E-state index >= 15 is 0 Å². The van der Waals surface area contributed by atoms with E-state index in [2.05, 4.69) is 10.5 Å². The summed E-state index contributed by atoms with van der Waals surface area (Å²) in [6.07, 6.45) is 0.916. The second-order valence-corrected chi connectivity index (χ2v) is 3.63. The van der Waals surface area contributed by atoms with Gasteiger partial charge in [-0.1, -0.05) is 0 Å². The van der Waals surface area contributed by atoms with Crippen LogP contribution in [0.2, 0.25) is 0 Å². The lowest BCUT2D eigenvalue weighted by molar-refractivity contribution is 0.271. The molecular formula is C11H15N3O2. The topological polar surface area (TPSA) is 68.9 Å². The summed E-state index contributed by atoms with van der Waals surface area (Å²) in [5.74, 6) is 1.37. The molecule has 0 fully saturated rings. The molecule has 5 heteroatoms. The summed E-state index contributed by atoms with van der Waals surface area (Å²) in [7, 11) is 1.56. The molecule has 2 rings (SSSR count). The average Bonchev–Trinajstić information content (AvgIpc) is 2.64. The number of rotatable bonds is 3. The molecule has 0 saturated heterocycles. The van der Waals surface area contributed by atoms with Crippen molar-refractivity contribution in [3.05, 3.63) is 17.7 Å². The summed E-state index contributed by atoms with van der Waals surface area (Å²) in [4.78, 5) is 9.14.